The topological polar surface area (TPSA) is 93.2 Å². The maximum absolute atomic E-state index is 12.5. The fourth-order valence-corrected chi connectivity index (χ4v) is 3.60. The molecule has 0 aliphatic carbocycles. The van der Waals surface area contributed by atoms with E-state index in [1.54, 1.807) is 30.3 Å². The first-order valence-corrected chi connectivity index (χ1v) is 10.3. The van der Waals surface area contributed by atoms with Crippen molar-refractivity contribution >= 4 is 27.3 Å². The molecule has 0 unspecified atom stereocenters. The molecule has 1 aromatic heterocycles. The molecule has 0 saturated heterocycles. The minimum atomic E-state index is -3.73. The molecule has 0 amide bonds. The third-order valence-electron chi connectivity index (χ3n) is 4.14. The number of ether oxygens (including phenoxy) is 1. The largest absolute Gasteiger partial charge is 0.492 e. The number of hydrogen-bond acceptors (Lipinski definition) is 6. The molecule has 3 aromatic rings. The second-order valence-electron chi connectivity index (χ2n) is 6.21. The second kappa shape index (κ2) is 8.26. The third-order valence-corrected chi connectivity index (χ3v) is 5.49. The molecule has 2 N–H and O–H groups in total. The van der Waals surface area contributed by atoms with Crippen LogP contribution in [0.2, 0.25) is 0 Å². The van der Waals surface area contributed by atoms with Crippen LogP contribution in [0.4, 0.5) is 17.3 Å². The SMILES string of the molecule is CCOc1ccccc1Nc1ccc(NS(=O)(=O)c2ccc(C)c(C)c2)nn1. The number of anilines is 3. The van der Waals surface area contributed by atoms with Gasteiger partial charge in [0.2, 0.25) is 0 Å². The lowest BCUT2D eigenvalue weighted by atomic mass is 10.1. The Morgan fingerprint density at radius 3 is 2.32 bits per heavy atom. The molecule has 0 aliphatic heterocycles. The van der Waals surface area contributed by atoms with Gasteiger partial charge in [0, 0.05) is 0 Å². The highest BCUT2D eigenvalue weighted by atomic mass is 32.2. The summed E-state index contributed by atoms with van der Waals surface area (Å²) in [6.07, 6.45) is 0. The van der Waals surface area contributed by atoms with E-state index >= 15 is 0 Å². The molecule has 0 radical (unpaired) electrons. The number of aryl methyl sites for hydroxylation is 2. The maximum Gasteiger partial charge on any atom is 0.263 e. The third kappa shape index (κ3) is 4.58. The van der Waals surface area contributed by atoms with Crippen LogP contribution >= 0.6 is 0 Å². The molecule has 28 heavy (non-hydrogen) atoms. The van der Waals surface area contributed by atoms with E-state index in [-0.39, 0.29) is 10.7 Å². The summed E-state index contributed by atoms with van der Waals surface area (Å²) in [5, 5.41) is 11.1. The Labute approximate surface area is 164 Å². The average molecular weight is 398 g/mol. The van der Waals surface area contributed by atoms with Crippen LogP contribution in [0.25, 0.3) is 0 Å². The lowest BCUT2D eigenvalue weighted by Crippen LogP contribution is -2.14. The molecule has 0 saturated carbocycles. The van der Waals surface area contributed by atoms with Gasteiger partial charge in [-0.3, -0.25) is 4.72 Å². The molecule has 0 aliphatic rings. The fraction of sp³-hybridized carbons (Fsp3) is 0.200. The summed E-state index contributed by atoms with van der Waals surface area (Å²) in [7, 11) is -3.73. The van der Waals surface area contributed by atoms with Gasteiger partial charge in [-0.15, -0.1) is 10.2 Å². The predicted octanol–water partition coefficient (Wildman–Crippen LogP) is 4.04. The van der Waals surface area contributed by atoms with E-state index in [4.69, 9.17) is 4.74 Å². The highest BCUT2D eigenvalue weighted by molar-refractivity contribution is 7.92. The monoisotopic (exact) mass is 398 g/mol. The van der Waals surface area contributed by atoms with Crippen molar-refractivity contribution in [3.8, 4) is 5.75 Å². The molecule has 146 valence electrons. The van der Waals surface area contributed by atoms with E-state index in [1.165, 1.54) is 0 Å². The smallest absolute Gasteiger partial charge is 0.263 e. The molecular formula is C20H22N4O3S. The van der Waals surface area contributed by atoms with Gasteiger partial charge in [-0.05, 0) is 68.3 Å². The zero-order valence-corrected chi connectivity index (χ0v) is 16.7. The van der Waals surface area contributed by atoms with Crippen LogP contribution in [0.15, 0.2) is 59.5 Å². The van der Waals surface area contributed by atoms with Crippen LogP contribution in [0, 0.1) is 13.8 Å². The van der Waals surface area contributed by atoms with Crippen LogP contribution < -0.4 is 14.8 Å². The number of benzene rings is 2. The summed E-state index contributed by atoms with van der Waals surface area (Å²) < 4.78 is 33.1. The summed E-state index contributed by atoms with van der Waals surface area (Å²) in [6.45, 7) is 6.26. The maximum atomic E-state index is 12.5. The van der Waals surface area contributed by atoms with E-state index in [0.29, 0.717) is 18.2 Å². The van der Waals surface area contributed by atoms with Crippen LogP contribution in [0.5, 0.6) is 5.75 Å². The number of aromatic nitrogens is 2. The van der Waals surface area contributed by atoms with Crippen molar-refractivity contribution in [3.05, 3.63) is 65.7 Å². The Kier molecular flexibility index (Phi) is 5.79. The first-order valence-electron chi connectivity index (χ1n) is 8.81. The normalized spacial score (nSPS) is 11.1. The van der Waals surface area contributed by atoms with Gasteiger partial charge in [0.15, 0.2) is 11.6 Å². The number of hydrogen-bond donors (Lipinski definition) is 2. The van der Waals surface area contributed by atoms with Gasteiger partial charge in [0.25, 0.3) is 10.0 Å². The van der Waals surface area contributed by atoms with Gasteiger partial charge in [-0.2, -0.15) is 0 Å². The molecule has 0 atom stereocenters. The molecule has 3 rings (SSSR count). The number of sulfonamides is 1. The highest BCUT2D eigenvalue weighted by Gasteiger charge is 2.16. The van der Waals surface area contributed by atoms with Gasteiger partial charge in [0.05, 0.1) is 17.2 Å². The summed E-state index contributed by atoms with van der Waals surface area (Å²) in [5.41, 5.74) is 2.69. The zero-order chi connectivity index (χ0) is 20.1. The van der Waals surface area contributed by atoms with Crippen molar-refractivity contribution in [1.29, 1.82) is 0 Å². The molecule has 2 aromatic carbocycles. The van der Waals surface area contributed by atoms with Gasteiger partial charge in [-0.1, -0.05) is 18.2 Å². The lowest BCUT2D eigenvalue weighted by Gasteiger charge is -2.12. The van der Waals surface area contributed by atoms with Crippen LogP contribution in [0.1, 0.15) is 18.1 Å². The van der Waals surface area contributed by atoms with Gasteiger partial charge >= 0.3 is 0 Å². The highest BCUT2D eigenvalue weighted by Crippen LogP contribution is 2.26. The predicted molar refractivity (Wildman–Crippen MR) is 110 cm³/mol. The molecule has 7 nitrogen and oxygen atoms in total. The van der Waals surface area contributed by atoms with Gasteiger partial charge < -0.3 is 10.1 Å². The van der Waals surface area contributed by atoms with Gasteiger partial charge in [0.1, 0.15) is 5.75 Å². The fourth-order valence-electron chi connectivity index (χ4n) is 2.52. The first kappa shape index (κ1) is 19.6. The van der Waals surface area contributed by atoms with Crippen molar-refractivity contribution in [2.45, 2.75) is 25.7 Å². The number of para-hydroxylation sites is 2. The van der Waals surface area contributed by atoms with Crippen molar-refractivity contribution < 1.29 is 13.2 Å². The zero-order valence-electron chi connectivity index (χ0n) is 15.9. The van der Waals surface area contributed by atoms with E-state index in [1.807, 2.05) is 45.0 Å². The number of nitrogens with zero attached hydrogens (tertiary/aromatic N) is 2. The van der Waals surface area contributed by atoms with Crippen LogP contribution in [0.3, 0.4) is 0 Å². The summed E-state index contributed by atoms with van der Waals surface area (Å²) in [4.78, 5) is 0.185. The van der Waals surface area contributed by atoms with Crippen LogP contribution in [-0.2, 0) is 10.0 Å². The van der Waals surface area contributed by atoms with Crippen molar-refractivity contribution in [3.63, 3.8) is 0 Å². The van der Waals surface area contributed by atoms with Crippen molar-refractivity contribution in [2.75, 3.05) is 16.6 Å². The lowest BCUT2D eigenvalue weighted by molar-refractivity contribution is 0.342. The molecule has 8 heteroatoms. The van der Waals surface area contributed by atoms with E-state index in [0.717, 1.165) is 16.8 Å². The van der Waals surface area contributed by atoms with Crippen LogP contribution in [-0.4, -0.2) is 25.2 Å². The van der Waals surface area contributed by atoms with Gasteiger partial charge in [-0.25, -0.2) is 8.42 Å². The minimum Gasteiger partial charge on any atom is -0.492 e. The minimum absolute atomic E-state index is 0.141. The molecule has 0 fully saturated rings. The number of rotatable bonds is 7. The molecule has 0 spiro atoms. The summed E-state index contributed by atoms with van der Waals surface area (Å²) in [6, 6.07) is 15.7. The second-order valence-corrected chi connectivity index (χ2v) is 7.89. The standard InChI is InChI=1S/C20H22N4O3S/c1-4-27-18-8-6-5-7-17(18)21-19-11-12-20(23-22-19)24-28(25,26)16-10-9-14(2)15(3)13-16/h5-13H,4H2,1-3H3,(H,21,22)(H,23,24). The van der Waals surface area contributed by atoms with E-state index in [9.17, 15) is 8.42 Å². The average Bonchev–Trinajstić information content (AvgIpc) is 2.67. The summed E-state index contributed by atoms with van der Waals surface area (Å²) in [5.74, 6) is 1.31. The van der Waals surface area contributed by atoms with Crippen molar-refractivity contribution in [2.24, 2.45) is 0 Å². The molecular weight excluding hydrogens is 376 g/mol. The molecule has 0 bridgehead atoms. The Hall–Kier alpha value is -3.13. The quantitative estimate of drug-likeness (QED) is 0.624. The number of nitrogens with one attached hydrogen (secondary N) is 2. The molecule has 1 heterocycles. The Bertz CT molecular complexity index is 1070. The Balaban J connectivity index is 1.75. The van der Waals surface area contributed by atoms with Crippen molar-refractivity contribution in [1.82, 2.24) is 10.2 Å². The van der Waals surface area contributed by atoms with E-state index in [2.05, 4.69) is 20.2 Å². The first-order chi connectivity index (χ1) is 13.4. The Morgan fingerprint density at radius 2 is 1.64 bits per heavy atom. The van der Waals surface area contributed by atoms with E-state index < -0.39 is 10.0 Å². The summed E-state index contributed by atoms with van der Waals surface area (Å²) >= 11 is 0. The Morgan fingerprint density at radius 1 is 0.929 bits per heavy atom.